The molecule has 1 amide bonds. The second-order valence-electron chi connectivity index (χ2n) is 7.51. The van der Waals surface area contributed by atoms with E-state index in [2.05, 4.69) is 11.9 Å². The number of rotatable bonds is 13. The first-order valence-electron chi connectivity index (χ1n) is 11.2. The molecule has 8 nitrogen and oxygen atoms in total. The van der Waals surface area contributed by atoms with Crippen LogP contribution >= 0.6 is 0 Å². The summed E-state index contributed by atoms with van der Waals surface area (Å²) in [4.78, 5) is 23.3. The summed E-state index contributed by atoms with van der Waals surface area (Å²) < 4.78 is 26.9. The molecular formula is C27H29NO7. The molecular weight excluding hydrogens is 450 g/mol. The third kappa shape index (κ3) is 8.77. The van der Waals surface area contributed by atoms with Gasteiger partial charge in [0.05, 0.1) is 26.4 Å². The van der Waals surface area contributed by atoms with Crippen LogP contribution in [0.1, 0.15) is 6.92 Å². The zero-order valence-corrected chi connectivity index (χ0v) is 19.7. The Morgan fingerprint density at radius 1 is 0.829 bits per heavy atom. The molecule has 0 aromatic heterocycles. The normalized spacial score (nSPS) is 10.5. The highest BCUT2D eigenvalue weighted by Crippen LogP contribution is 2.31. The molecule has 3 rings (SSSR count). The van der Waals surface area contributed by atoms with Gasteiger partial charge in [0.2, 0.25) is 0 Å². The lowest BCUT2D eigenvalue weighted by Gasteiger charge is -2.11. The van der Waals surface area contributed by atoms with Gasteiger partial charge in [-0.2, -0.15) is 0 Å². The summed E-state index contributed by atoms with van der Waals surface area (Å²) in [6.45, 7) is 6.81. The number of amides is 1. The summed E-state index contributed by atoms with van der Waals surface area (Å²) in [5, 5.41) is 4.44. The van der Waals surface area contributed by atoms with Crippen molar-refractivity contribution in [2.75, 3.05) is 39.6 Å². The first-order chi connectivity index (χ1) is 17.0. The average Bonchev–Trinajstić information content (AvgIpc) is 2.85. The van der Waals surface area contributed by atoms with Gasteiger partial charge in [-0.1, -0.05) is 36.9 Å². The summed E-state index contributed by atoms with van der Waals surface area (Å²) in [6.07, 6.45) is -0.569. The standard InChI is InChI=1S/C27H29NO7/c1-20(2)26(29)33-18-17-32-16-15-31-14-13-28-27(30)35-23-11-12-24-21(19-23)7-6-10-25(24)34-22-8-4-3-5-9-22/h3-12,19H,1,13-18H2,2H3,(H,28,30). The quantitative estimate of drug-likeness (QED) is 0.212. The summed E-state index contributed by atoms with van der Waals surface area (Å²) in [5.41, 5.74) is 0.350. The maximum atomic E-state index is 12.1. The van der Waals surface area contributed by atoms with Crippen molar-refractivity contribution in [2.45, 2.75) is 6.92 Å². The van der Waals surface area contributed by atoms with E-state index in [-0.39, 0.29) is 19.8 Å². The molecule has 0 atom stereocenters. The van der Waals surface area contributed by atoms with Crippen molar-refractivity contribution in [3.05, 3.63) is 78.9 Å². The number of ether oxygens (including phenoxy) is 5. The number of hydrogen-bond acceptors (Lipinski definition) is 7. The van der Waals surface area contributed by atoms with Crippen molar-refractivity contribution in [1.82, 2.24) is 5.32 Å². The van der Waals surface area contributed by atoms with Crippen molar-refractivity contribution >= 4 is 22.8 Å². The van der Waals surface area contributed by atoms with Crippen LogP contribution in [0.25, 0.3) is 10.8 Å². The number of para-hydroxylation sites is 1. The highest BCUT2D eigenvalue weighted by molar-refractivity contribution is 5.90. The van der Waals surface area contributed by atoms with Gasteiger partial charge < -0.3 is 29.0 Å². The van der Waals surface area contributed by atoms with Crippen molar-refractivity contribution in [3.63, 3.8) is 0 Å². The van der Waals surface area contributed by atoms with Gasteiger partial charge in [-0.3, -0.25) is 0 Å². The smallest absolute Gasteiger partial charge is 0.412 e. The van der Waals surface area contributed by atoms with Crippen molar-refractivity contribution < 1.29 is 33.3 Å². The molecule has 0 spiro atoms. The fourth-order valence-electron chi connectivity index (χ4n) is 3.01. The molecule has 0 fully saturated rings. The van der Waals surface area contributed by atoms with E-state index in [4.69, 9.17) is 23.7 Å². The number of hydrogen-bond donors (Lipinski definition) is 1. The predicted octanol–water partition coefficient (Wildman–Crippen LogP) is 4.87. The highest BCUT2D eigenvalue weighted by Gasteiger charge is 2.08. The van der Waals surface area contributed by atoms with E-state index >= 15 is 0 Å². The maximum absolute atomic E-state index is 12.1. The van der Waals surface area contributed by atoms with Crippen LogP contribution < -0.4 is 14.8 Å². The lowest BCUT2D eigenvalue weighted by atomic mass is 10.1. The summed E-state index contributed by atoms with van der Waals surface area (Å²) in [6, 6.07) is 20.6. The van der Waals surface area contributed by atoms with E-state index in [1.807, 2.05) is 54.6 Å². The Morgan fingerprint density at radius 3 is 2.34 bits per heavy atom. The lowest BCUT2D eigenvalue weighted by molar-refractivity contribution is -0.140. The van der Waals surface area contributed by atoms with Gasteiger partial charge in [0.1, 0.15) is 23.9 Å². The first-order valence-corrected chi connectivity index (χ1v) is 11.2. The van der Waals surface area contributed by atoms with E-state index in [1.54, 1.807) is 19.1 Å². The van der Waals surface area contributed by atoms with Gasteiger partial charge in [-0.25, -0.2) is 9.59 Å². The first kappa shape index (κ1) is 25.7. The van der Waals surface area contributed by atoms with Gasteiger partial charge in [-0.05, 0) is 48.7 Å². The molecule has 184 valence electrons. The summed E-state index contributed by atoms with van der Waals surface area (Å²) in [5.74, 6) is 1.46. The number of carbonyl (C=O) groups is 2. The number of fused-ring (bicyclic) bond motifs is 1. The molecule has 35 heavy (non-hydrogen) atoms. The number of carbonyl (C=O) groups excluding carboxylic acids is 2. The van der Waals surface area contributed by atoms with E-state index in [9.17, 15) is 9.59 Å². The van der Waals surface area contributed by atoms with Crippen molar-refractivity contribution in [1.29, 1.82) is 0 Å². The second kappa shape index (κ2) is 13.7. The molecule has 1 N–H and O–H groups in total. The highest BCUT2D eigenvalue weighted by atomic mass is 16.6. The third-order valence-corrected chi connectivity index (χ3v) is 4.69. The number of nitrogens with one attached hydrogen (secondary N) is 1. The minimum absolute atomic E-state index is 0.162. The number of esters is 1. The average molecular weight is 480 g/mol. The van der Waals surface area contributed by atoms with Gasteiger partial charge in [0, 0.05) is 17.5 Å². The van der Waals surface area contributed by atoms with Crippen LogP contribution in [0.2, 0.25) is 0 Å². The molecule has 3 aromatic carbocycles. The van der Waals surface area contributed by atoms with Gasteiger partial charge in [-0.15, -0.1) is 0 Å². The molecule has 0 unspecified atom stereocenters. The molecule has 0 heterocycles. The Kier molecular flexibility index (Phi) is 10.1. The lowest BCUT2D eigenvalue weighted by Crippen LogP contribution is -2.30. The van der Waals surface area contributed by atoms with Crippen LogP contribution in [-0.2, 0) is 19.0 Å². The van der Waals surface area contributed by atoms with Crippen molar-refractivity contribution in [3.8, 4) is 17.2 Å². The molecule has 8 heteroatoms. The van der Waals surface area contributed by atoms with Crippen LogP contribution in [0.15, 0.2) is 78.9 Å². The maximum Gasteiger partial charge on any atom is 0.412 e. The minimum Gasteiger partial charge on any atom is -0.460 e. The van der Waals surface area contributed by atoms with E-state index in [0.29, 0.717) is 31.1 Å². The topological polar surface area (TPSA) is 92.3 Å². The van der Waals surface area contributed by atoms with Gasteiger partial charge >= 0.3 is 12.1 Å². The summed E-state index contributed by atoms with van der Waals surface area (Å²) in [7, 11) is 0. The molecule has 3 aromatic rings. The molecule has 0 aliphatic carbocycles. The fourth-order valence-corrected chi connectivity index (χ4v) is 3.01. The van der Waals surface area contributed by atoms with Gasteiger partial charge in [0.25, 0.3) is 0 Å². The Labute approximate surface area is 204 Å². The molecule has 0 saturated carbocycles. The van der Waals surface area contributed by atoms with E-state index in [1.165, 1.54) is 0 Å². The van der Waals surface area contributed by atoms with Crippen molar-refractivity contribution in [2.24, 2.45) is 0 Å². The zero-order chi connectivity index (χ0) is 24.9. The molecule has 0 aliphatic rings. The molecule has 0 bridgehead atoms. The predicted molar refractivity (Wildman–Crippen MR) is 132 cm³/mol. The minimum atomic E-state index is -0.569. The largest absolute Gasteiger partial charge is 0.460 e. The Balaban J connectivity index is 1.33. The molecule has 0 radical (unpaired) electrons. The molecule has 0 aliphatic heterocycles. The molecule has 0 saturated heterocycles. The van der Waals surface area contributed by atoms with E-state index < -0.39 is 12.1 Å². The SMILES string of the molecule is C=C(C)C(=O)OCCOCCOCCNC(=O)Oc1ccc2c(Oc3ccccc3)cccc2c1. The van der Waals surface area contributed by atoms with Crippen LogP contribution in [0.5, 0.6) is 17.2 Å². The fraction of sp³-hybridized carbons (Fsp3) is 0.259. The van der Waals surface area contributed by atoms with Gasteiger partial charge in [0.15, 0.2) is 0 Å². The Bertz CT molecular complexity index is 1130. The third-order valence-electron chi connectivity index (χ3n) is 4.69. The van der Waals surface area contributed by atoms with Crippen LogP contribution in [0.4, 0.5) is 4.79 Å². The number of benzene rings is 3. The monoisotopic (exact) mass is 479 g/mol. The second-order valence-corrected chi connectivity index (χ2v) is 7.51. The van der Waals surface area contributed by atoms with Crippen LogP contribution in [0, 0.1) is 0 Å². The van der Waals surface area contributed by atoms with Crippen LogP contribution in [-0.4, -0.2) is 51.6 Å². The Morgan fingerprint density at radius 2 is 1.57 bits per heavy atom. The zero-order valence-electron chi connectivity index (χ0n) is 19.7. The van der Waals surface area contributed by atoms with Crippen LogP contribution in [0.3, 0.4) is 0 Å². The summed E-state index contributed by atoms with van der Waals surface area (Å²) >= 11 is 0. The van der Waals surface area contributed by atoms with E-state index in [0.717, 1.165) is 22.3 Å². The Hall–Kier alpha value is -3.88.